The number of hydrogen-bond donors (Lipinski definition) is 1. The highest BCUT2D eigenvalue weighted by molar-refractivity contribution is 5.98. The van der Waals surface area contributed by atoms with Gasteiger partial charge < -0.3 is 14.9 Å². The molecular weight excluding hydrogens is 274 g/mol. The number of rotatable bonds is 3. The quantitative estimate of drug-likeness (QED) is 0.673. The molecule has 0 saturated carbocycles. The maximum atomic E-state index is 12.5. The van der Waals surface area contributed by atoms with Gasteiger partial charge in [-0.15, -0.1) is 0 Å². The summed E-state index contributed by atoms with van der Waals surface area (Å²) in [6, 6.07) is 4.10. The van der Waals surface area contributed by atoms with Crippen molar-refractivity contribution in [2.45, 2.75) is 18.9 Å². The predicted octanol–water partition coefficient (Wildman–Crippen LogP) is 1.47. The van der Waals surface area contributed by atoms with Crippen LogP contribution in [0.3, 0.4) is 0 Å². The van der Waals surface area contributed by atoms with Crippen LogP contribution in [0.5, 0.6) is 5.75 Å². The molecule has 0 bridgehead atoms. The van der Waals surface area contributed by atoms with Crippen LogP contribution in [-0.4, -0.2) is 59.0 Å². The number of phenols is 1. The standard InChI is InChI=1S/C14H19N3O4/c1-15-8-6-10(7-9-15)16(2)14(19)11-4-3-5-12(13(11)18)17(20)21/h3-5,10,18H,6-9H2,1-2H3. The van der Waals surface area contributed by atoms with Crippen molar-refractivity contribution in [1.29, 1.82) is 0 Å². The van der Waals surface area contributed by atoms with Crippen molar-refractivity contribution in [3.8, 4) is 5.75 Å². The van der Waals surface area contributed by atoms with Crippen molar-refractivity contribution >= 4 is 11.6 Å². The second kappa shape index (κ2) is 6.09. The monoisotopic (exact) mass is 293 g/mol. The Morgan fingerprint density at radius 3 is 2.62 bits per heavy atom. The number of aromatic hydroxyl groups is 1. The lowest BCUT2D eigenvalue weighted by Gasteiger charge is -2.35. The number of nitrogens with zero attached hydrogens (tertiary/aromatic N) is 3. The van der Waals surface area contributed by atoms with Crippen LogP contribution in [0.2, 0.25) is 0 Å². The van der Waals surface area contributed by atoms with Gasteiger partial charge in [-0.3, -0.25) is 14.9 Å². The first kappa shape index (κ1) is 15.2. The molecule has 1 heterocycles. The molecule has 7 heteroatoms. The van der Waals surface area contributed by atoms with Crippen molar-refractivity contribution < 1.29 is 14.8 Å². The number of para-hydroxylation sites is 1. The van der Waals surface area contributed by atoms with E-state index in [0.717, 1.165) is 25.9 Å². The molecular formula is C14H19N3O4. The van der Waals surface area contributed by atoms with Gasteiger partial charge in [0.1, 0.15) is 0 Å². The minimum atomic E-state index is -0.693. The molecule has 0 radical (unpaired) electrons. The Balaban J connectivity index is 2.20. The molecule has 1 amide bonds. The largest absolute Gasteiger partial charge is 0.502 e. The van der Waals surface area contributed by atoms with Crippen LogP contribution in [0.1, 0.15) is 23.2 Å². The van der Waals surface area contributed by atoms with E-state index in [2.05, 4.69) is 4.90 Å². The number of hydrogen-bond acceptors (Lipinski definition) is 5. The SMILES string of the molecule is CN1CCC(N(C)C(=O)c2cccc([N+](=O)[O-])c2O)CC1. The lowest BCUT2D eigenvalue weighted by atomic mass is 10.0. The van der Waals surface area contributed by atoms with E-state index in [9.17, 15) is 20.0 Å². The Hall–Kier alpha value is -2.15. The fraction of sp³-hybridized carbons (Fsp3) is 0.500. The van der Waals surface area contributed by atoms with E-state index >= 15 is 0 Å². The minimum Gasteiger partial charge on any atom is -0.502 e. The van der Waals surface area contributed by atoms with Crippen LogP contribution < -0.4 is 0 Å². The zero-order chi connectivity index (χ0) is 15.6. The first-order valence-electron chi connectivity index (χ1n) is 6.84. The molecule has 0 spiro atoms. The summed E-state index contributed by atoms with van der Waals surface area (Å²) in [5.41, 5.74) is -0.469. The fourth-order valence-electron chi connectivity index (χ4n) is 2.59. The Labute approximate surface area is 122 Å². The molecule has 1 saturated heterocycles. The second-order valence-electron chi connectivity index (χ2n) is 5.38. The maximum absolute atomic E-state index is 12.5. The Morgan fingerprint density at radius 2 is 2.05 bits per heavy atom. The predicted molar refractivity (Wildman–Crippen MR) is 77.4 cm³/mol. The van der Waals surface area contributed by atoms with Crippen molar-refractivity contribution in [2.24, 2.45) is 0 Å². The number of benzene rings is 1. The lowest BCUT2D eigenvalue weighted by Crippen LogP contribution is -2.44. The van der Waals surface area contributed by atoms with Gasteiger partial charge in [0, 0.05) is 19.2 Å². The van der Waals surface area contributed by atoms with Crippen LogP contribution in [0.4, 0.5) is 5.69 Å². The summed E-state index contributed by atoms with van der Waals surface area (Å²) in [5, 5.41) is 20.7. The van der Waals surface area contributed by atoms with Gasteiger partial charge in [-0.1, -0.05) is 6.07 Å². The number of carbonyl (C=O) groups is 1. The van der Waals surface area contributed by atoms with E-state index in [4.69, 9.17) is 0 Å². The van der Waals surface area contributed by atoms with Gasteiger partial charge in [0.2, 0.25) is 5.75 Å². The van der Waals surface area contributed by atoms with E-state index in [1.807, 2.05) is 7.05 Å². The third-order valence-electron chi connectivity index (χ3n) is 4.00. The molecule has 2 rings (SSSR count). The molecule has 1 aromatic carbocycles. The average molecular weight is 293 g/mol. The normalized spacial score (nSPS) is 16.7. The van der Waals surface area contributed by atoms with Gasteiger partial charge in [0.15, 0.2) is 0 Å². The van der Waals surface area contributed by atoms with Crippen molar-refractivity contribution in [3.63, 3.8) is 0 Å². The molecule has 1 aromatic rings. The van der Waals surface area contributed by atoms with Crippen LogP contribution in [0.25, 0.3) is 0 Å². The number of amides is 1. The van der Waals surface area contributed by atoms with Gasteiger partial charge in [0.05, 0.1) is 10.5 Å². The Kier molecular flexibility index (Phi) is 4.42. The average Bonchev–Trinajstić information content (AvgIpc) is 2.46. The number of nitro benzene ring substituents is 1. The molecule has 1 fully saturated rings. The molecule has 1 aliphatic heterocycles. The smallest absolute Gasteiger partial charge is 0.311 e. The van der Waals surface area contributed by atoms with E-state index < -0.39 is 16.4 Å². The molecule has 114 valence electrons. The molecule has 0 atom stereocenters. The Morgan fingerprint density at radius 1 is 1.43 bits per heavy atom. The Bertz CT molecular complexity index is 553. The summed E-state index contributed by atoms with van der Waals surface area (Å²) >= 11 is 0. The van der Waals surface area contributed by atoms with E-state index in [1.165, 1.54) is 18.2 Å². The summed E-state index contributed by atoms with van der Waals surface area (Å²) in [6.07, 6.45) is 1.71. The fourth-order valence-corrected chi connectivity index (χ4v) is 2.59. The summed E-state index contributed by atoms with van der Waals surface area (Å²) in [4.78, 5) is 26.3. The van der Waals surface area contributed by atoms with Crippen LogP contribution in [0.15, 0.2) is 18.2 Å². The number of carbonyl (C=O) groups excluding carboxylic acids is 1. The van der Waals surface area contributed by atoms with Gasteiger partial charge in [0.25, 0.3) is 5.91 Å². The molecule has 0 aromatic heterocycles. The van der Waals surface area contributed by atoms with Crippen molar-refractivity contribution in [2.75, 3.05) is 27.2 Å². The van der Waals surface area contributed by atoms with E-state index in [1.54, 1.807) is 11.9 Å². The van der Waals surface area contributed by atoms with Gasteiger partial charge in [-0.2, -0.15) is 0 Å². The first-order chi connectivity index (χ1) is 9.91. The van der Waals surface area contributed by atoms with Crippen LogP contribution >= 0.6 is 0 Å². The van der Waals surface area contributed by atoms with Crippen LogP contribution in [0, 0.1) is 10.1 Å². The highest BCUT2D eigenvalue weighted by atomic mass is 16.6. The van der Waals surface area contributed by atoms with E-state index in [-0.39, 0.29) is 17.5 Å². The number of likely N-dealkylation sites (tertiary alicyclic amines) is 1. The number of piperidine rings is 1. The summed E-state index contributed by atoms with van der Waals surface area (Å²) in [5.74, 6) is -0.946. The molecule has 1 aliphatic rings. The van der Waals surface area contributed by atoms with Gasteiger partial charge in [-0.25, -0.2) is 0 Å². The van der Waals surface area contributed by atoms with E-state index in [0.29, 0.717) is 0 Å². The van der Waals surface area contributed by atoms with Crippen LogP contribution in [-0.2, 0) is 0 Å². The summed E-state index contributed by atoms with van der Waals surface area (Å²) in [7, 11) is 3.71. The van der Waals surface area contributed by atoms with Gasteiger partial charge in [-0.05, 0) is 39.0 Å². The minimum absolute atomic E-state index is 0.0226. The zero-order valence-electron chi connectivity index (χ0n) is 12.2. The zero-order valence-corrected chi connectivity index (χ0v) is 12.2. The molecule has 7 nitrogen and oxygen atoms in total. The maximum Gasteiger partial charge on any atom is 0.311 e. The highest BCUT2D eigenvalue weighted by Gasteiger charge is 2.28. The molecule has 0 unspecified atom stereocenters. The summed E-state index contributed by atoms with van der Waals surface area (Å²) < 4.78 is 0. The lowest BCUT2D eigenvalue weighted by molar-refractivity contribution is -0.385. The van der Waals surface area contributed by atoms with Gasteiger partial charge >= 0.3 is 5.69 Å². The molecule has 0 aliphatic carbocycles. The third-order valence-corrected chi connectivity index (χ3v) is 4.00. The third kappa shape index (κ3) is 3.13. The van der Waals surface area contributed by atoms with Crippen molar-refractivity contribution in [3.05, 3.63) is 33.9 Å². The molecule has 1 N–H and O–H groups in total. The second-order valence-corrected chi connectivity index (χ2v) is 5.38. The molecule has 21 heavy (non-hydrogen) atoms. The topological polar surface area (TPSA) is 86.9 Å². The van der Waals surface area contributed by atoms with Crippen molar-refractivity contribution in [1.82, 2.24) is 9.80 Å². The number of nitro groups is 1. The summed E-state index contributed by atoms with van der Waals surface area (Å²) in [6.45, 7) is 1.81. The highest BCUT2D eigenvalue weighted by Crippen LogP contribution is 2.30. The first-order valence-corrected chi connectivity index (χ1v) is 6.84. The number of phenolic OH excluding ortho intramolecular Hbond substituents is 1.